The Kier molecular flexibility index (Phi) is 10.2. The van der Waals surface area contributed by atoms with E-state index in [1.54, 1.807) is 11.3 Å². The van der Waals surface area contributed by atoms with E-state index in [4.69, 9.17) is 5.73 Å². The molecule has 1 aromatic heterocycles. The van der Waals surface area contributed by atoms with Crippen LogP contribution in [0.4, 0.5) is 0 Å². The maximum atomic E-state index is 13.4. The number of carbonyl (C=O) groups excluding carboxylic acids is 3. The van der Waals surface area contributed by atoms with E-state index < -0.39 is 35.6 Å². The van der Waals surface area contributed by atoms with Crippen molar-refractivity contribution in [1.29, 1.82) is 0 Å². The molecule has 0 aliphatic carbocycles. The van der Waals surface area contributed by atoms with Gasteiger partial charge in [-0.3, -0.25) is 19.6 Å². The average Bonchev–Trinajstić information content (AvgIpc) is 3.29. The second kappa shape index (κ2) is 12.6. The molecular weight excluding hydrogens is 446 g/mol. The van der Waals surface area contributed by atoms with Gasteiger partial charge in [-0.1, -0.05) is 50.2 Å². The lowest BCUT2D eigenvalue weighted by molar-refractivity contribution is -0.186. The fraction of sp³-hybridized carbons (Fsp3) is 0.435. The Labute approximate surface area is 197 Å². The van der Waals surface area contributed by atoms with Crippen LogP contribution in [0.15, 0.2) is 52.1 Å². The third-order valence-corrected chi connectivity index (χ3v) is 7.39. The Balaban J connectivity index is 2.28. The largest absolute Gasteiger partial charge is 0.369 e. The minimum absolute atomic E-state index is 0.0820. The van der Waals surface area contributed by atoms with Crippen LogP contribution in [-0.4, -0.2) is 46.8 Å². The first-order valence-electron chi connectivity index (χ1n) is 10.5. The maximum absolute atomic E-state index is 13.4. The molecule has 4 N–H and O–H groups in total. The Bertz CT molecular complexity index is 875. The van der Waals surface area contributed by atoms with E-state index in [2.05, 4.69) is 5.32 Å². The standard InChI is InChI=1S/C23H31N3O4S2/c1-15(2)12-17(18(21(24)27)14-32-20-10-7-11-31-20)23(29)26(30)19(22(28)25-3)13-16-8-5-4-6-9-16/h4-11,15,17-19,30H,12-14H2,1-3H3,(H2,24,27)(H,25,28)/t17?,18?,19-/m0/s1. The van der Waals surface area contributed by atoms with Crippen LogP contribution in [0.5, 0.6) is 0 Å². The van der Waals surface area contributed by atoms with Gasteiger partial charge in [0.25, 0.3) is 5.91 Å². The molecule has 9 heteroatoms. The van der Waals surface area contributed by atoms with Crippen molar-refractivity contribution in [2.45, 2.75) is 36.9 Å². The molecule has 0 saturated carbocycles. The van der Waals surface area contributed by atoms with E-state index in [1.165, 1.54) is 18.8 Å². The molecule has 0 fully saturated rings. The number of likely N-dealkylation sites (N-methyl/N-ethyl adjacent to an activating group) is 1. The van der Waals surface area contributed by atoms with Gasteiger partial charge in [0.05, 0.1) is 16.0 Å². The number of nitrogens with one attached hydrogen (secondary N) is 1. The van der Waals surface area contributed by atoms with Crippen molar-refractivity contribution < 1.29 is 19.6 Å². The Morgan fingerprint density at radius 3 is 2.34 bits per heavy atom. The highest BCUT2D eigenvalue weighted by molar-refractivity contribution is 8.01. The zero-order chi connectivity index (χ0) is 23.7. The fourth-order valence-corrected chi connectivity index (χ4v) is 5.48. The van der Waals surface area contributed by atoms with Gasteiger partial charge >= 0.3 is 0 Å². The number of nitrogens with two attached hydrogens (primary N) is 1. The van der Waals surface area contributed by atoms with Crippen molar-refractivity contribution in [3.63, 3.8) is 0 Å². The molecule has 174 valence electrons. The minimum Gasteiger partial charge on any atom is -0.369 e. The zero-order valence-corrected chi connectivity index (χ0v) is 20.2. The zero-order valence-electron chi connectivity index (χ0n) is 18.6. The lowest BCUT2D eigenvalue weighted by Gasteiger charge is -2.31. The van der Waals surface area contributed by atoms with Gasteiger partial charge in [0.2, 0.25) is 11.8 Å². The summed E-state index contributed by atoms with van der Waals surface area (Å²) in [5.74, 6) is -2.98. The van der Waals surface area contributed by atoms with Crippen molar-refractivity contribution in [2.75, 3.05) is 12.8 Å². The van der Waals surface area contributed by atoms with Gasteiger partial charge in [0, 0.05) is 19.2 Å². The van der Waals surface area contributed by atoms with Crippen LogP contribution in [0.25, 0.3) is 0 Å². The molecule has 0 saturated heterocycles. The topological polar surface area (TPSA) is 113 Å². The molecule has 0 bridgehead atoms. The van der Waals surface area contributed by atoms with Gasteiger partial charge in [0.1, 0.15) is 6.04 Å². The number of benzene rings is 1. The summed E-state index contributed by atoms with van der Waals surface area (Å²) in [4.78, 5) is 38.3. The van der Waals surface area contributed by atoms with E-state index in [-0.39, 0.29) is 12.3 Å². The molecule has 2 unspecified atom stereocenters. The highest BCUT2D eigenvalue weighted by atomic mass is 32.2. The molecule has 3 atom stereocenters. The predicted octanol–water partition coefficient (Wildman–Crippen LogP) is 3.18. The summed E-state index contributed by atoms with van der Waals surface area (Å²) in [6.45, 7) is 3.87. The Morgan fingerprint density at radius 1 is 1.12 bits per heavy atom. The first kappa shape index (κ1) is 25.9. The highest BCUT2D eigenvalue weighted by Crippen LogP contribution is 2.31. The molecule has 7 nitrogen and oxygen atoms in total. The quantitative estimate of drug-likeness (QED) is 0.247. The number of carbonyl (C=O) groups is 3. The summed E-state index contributed by atoms with van der Waals surface area (Å²) >= 11 is 3.00. The summed E-state index contributed by atoms with van der Waals surface area (Å²) < 4.78 is 1.01. The van der Waals surface area contributed by atoms with Crippen molar-refractivity contribution in [3.8, 4) is 0 Å². The predicted molar refractivity (Wildman–Crippen MR) is 127 cm³/mol. The lowest BCUT2D eigenvalue weighted by Crippen LogP contribution is -2.52. The SMILES string of the molecule is CNC(=O)[C@H](Cc1ccccc1)N(O)C(=O)C(CC(C)C)C(CSc1cccs1)C(N)=O. The number of rotatable bonds is 12. The summed E-state index contributed by atoms with van der Waals surface area (Å²) in [5.41, 5.74) is 6.49. The molecule has 0 radical (unpaired) electrons. The Morgan fingerprint density at radius 2 is 1.81 bits per heavy atom. The highest BCUT2D eigenvalue weighted by Gasteiger charge is 2.39. The molecule has 2 aromatic rings. The lowest BCUT2D eigenvalue weighted by atomic mass is 9.84. The molecular formula is C23H31N3O4S2. The molecule has 1 aromatic carbocycles. The van der Waals surface area contributed by atoms with Crippen molar-refractivity contribution in [3.05, 3.63) is 53.4 Å². The summed E-state index contributed by atoms with van der Waals surface area (Å²) in [5, 5.41) is 15.8. The van der Waals surface area contributed by atoms with Crippen LogP contribution in [0.1, 0.15) is 25.8 Å². The van der Waals surface area contributed by atoms with Gasteiger partial charge in [-0.2, -0.15) is 0 Å². The first-order chi connectivity index (χ1) is 15.2. The fourth-order valence-electron chi connectivity index (χ4n) is 3.48. The van der Waals surface area contributed by atoms with Crippen LogP contribution >= 0.6 is 23.1 Å². The number of hydrogen-bond acceptors (Lipinski definition) is 6. The summed E-state index contributed by atoms with van der Waals surface area (Å²) in [6, 6.07) is 11.9. The van der Waals surface area contributed by atoms with Gasteiger partial charge in [0.15, 0.2) is 0 Å². The summed E-state index contributed by atoms with van der Waals surface area (Å²) in [7, 11) is 1.45. The number of hydroxylamine groups is 2. The van der Waals surface area contributed by atoms with Crippen molar-refractivity contribution in [2.24, 2.45) is 23.5 Å². The van der Waals surface area contributed by atoms with Crippen LogP contribution in [0.3, 0.4) is 0 Å². The van der Waals surface area contributed by atoms with Gasteiger partial charge in [-0.05, 0) is 29.3 Å². The van der Waals surface area contributed by atoms with Crippen LogP contribution < -0.4 is 11.1 Å². The van der Waals surface area contributed by atoms with Crippen LogP contribution in [0.2, 0.25) is 0 Å². The second-order valence-corrected chi connectivity index (χ2v) is 10.3. The number of thiophene rings is 1. The Hall–Kier alpha value is -2.36. The van der Waals surface area contributed by atoms with E-state index >= 15 is 0 Å². The minimum atomic E-state index is -1.12. The number of primary amides is 1. The first-order valence-corrected chi connectivity index (χ1v) is 12.3. The maximum Gasteiger partial charge on any atom is 0.250 e. The number of nitrogens with zero attached hydrogens (tertiary/aromatic N) is 1. The van der Waals surface area contributed by atoms with Crippen LogP contribution in [0, 0.1) is 17.8 Å². The molecule has 1 heterocycles. The second-order valence-electron chi connectivity index (χ2n) is 7.99. The number of hydrogen-bond donors (Lipinski definition) is 3. The molecule has 3 amide bonds. The van der Waals surface area contributed by atoms with E-state index in [0.29, 0.717) is 17.2 Å². The molecule has 0 aliphatic heterocycles. The van der Waals surface area contributed by atoms with Crippen molar-refractivity contribution >= 4 is 40.8 Å². The van der Waals surface area contributed by atoms with Gasteiger partial charge in [-0.15, -0.1) is 23.1 Å². The third kappa shape index (κ3) is 7.36. The monoisotopic (exact) mass is 477 g/mol. The van der Waals surface area contributed by atoms with E-state index in [9.17, 15) is 19.6 Å². The van der Waals surface area contributed by atoms with Gasteiger partial charge in [-0.25, -0.2) is 5.06 Å². The normalized spacial score (nSPS) is 13.9. The van der Waals surface area contributed by atoms with Crippen LogP contribution in [-0.2, 0) is 20.8 Å². The molecule has 32 heavy (non-hydrogen) atoms. The molecule has 0 aliphatic rings. The van der Waals surface area contributed by atoms with Gasteiger partial charge < -0.3 is 11.1 Å². The average molecular weight is 478 g/mol. The number of amides is 3. The number of thioether (sulfide) groups is 1. The molecule has 2 rings (SSSR count). The molecule has 0 spiro atoms. The summed E-state index contributed by atoms with van der Waals surface area (Å²) in [6.07, 6.45) is 0.503. The van der Waals surface area contributed by atoms with Crippen molar-refractivity contribution in [1.82, 2.24) is 10.4 Å². The third-order valence-electron chi connectivity index (χ3n) is 5.14. The smallest absolute Gasteiger partial charge is 0.250 e. The van der Waals surface area contributed by atoms with E-state index in [0.717, 1.165) is 9.77 Å². The van der Waals surface area contributed by atoms with E-state index in [1.807, 2.05) is 61.7 Å².